The van der Waals surface area contributed by atoms with Crippen molar-refractivity contribution in [3.8, 4) is 0 Å². The Morgan fingerprint density at radius 1 is 1.26 bits per heavy atom. The third-order valence-electron chi connectivity index (χ3n) is 3.18. The van der Waals surface area contributed by atoms with Crippen LogP contribution in [-0.2, 0) is 13.1 Å². The Bertz CT molecular complexity index is 504. The first-order valence-corrected chi connectivity index (χ1v) is 7.48. The van der Waals surface area contributed by atoms with Crippen LogP contribution in [0.25, 0.3) is 0 Å². The Hall–Kier alpha value is -1.39. The van der Waals surface area contributed by atoms with Crippen LogP contribution in [0.3, 0.4) is 0 Å². The van der Waals surface area contributed by atoms with Gasteiger partial charge in [0.05, 0.1) is 17.7 Å². The monoisotopic (exact) mass is 275 g/mol. The summed E-state index contributed by atoms with van der Waals surface area (Å²) in [5, 5.41) is 3.34. The molecule has 0 aliphatic carbocycles. The molecule has 4 heteroatoms. The van der Waals surface area contributed by atoms with E-state index in [4.69, 9.17) is 0 Å². The summed E-state index contributed by atoms with van der Waals surface area (Å²) in [6, 6.07) is 8.74. The normalized spacial score (nSPS) is 10.7. The highest BCUT2D eigenvalue weighted by Gasteiger charge is 2.06. The van der Waals surface area contributed by atoms with Crippen molar-refractivity contribution in [1.82, 2.24) is 10.3 Å². The number of hydrogen-bond acceptors (Lipinski definition) is 4. The van der Waals surface area contributed by atoms with E-state index in [9.17, 15) is 0 Å². The van der Waals surface area contributed by atoms with Gasteiger partial charge < -0.3 is 10.2 Å². The van der Waals surface area contributed by atoms with Gasteiger partial charge in [0.15, 0.2) is 0 Å². The zero-order valence-electron chi connectivity index (χ0n) is 11.8. The van der Waals surface area contributed by atoms with E-state index in [0.29, 0.717) is 0 Å². The van der Waals surface area contributed by atoms with Crippen LogP contribution < -0.4 is 10.2 Å². The van der Waals surface area contributed by atoms with Crippen molar-refractivity contribution in [2.24, 2.45) is 0 Å². The van der Waals surface area contributed by atoms with Gasteiger partial charge in [0.2, 0.25) is 0 Å². The van der Waals surface area contributed by atoms with Crippen LogP contribution in [0.1, 0.15) is 23.1 Å². The molecule has 0 aliphatic heterocycles. The molecule has 102 valence electrons. The Morgan fingerprint density at radius 3 is 2.58 bits per heavy atom. The molecule has 0 fully saturated rings. The molecular formula is C15H21N3S. The van der Waals surface area contributed by atoms with Crippen LogP contribution in [0.4, 0.5) is 5.69 Å². The lowest BCUT2D eigenvalue weighted by Crippen LogP contribution is -2.16. The van der Waals surface area contributed by atoms with Crippen LogP contribution in [0.15, 0.2) is 29.8 Å². The Balaban J connectivity index is 1.99. The minimum atomic E-state index is 0.920. The summed E-state index contributed by atoms with van der Waals surface area (Å²) >= 11 is 1.72. The van der Waals surface area contributed by atoms with Gasteiger partial charge in [0.1, 0.15) is 0 Å². The number of anilines is 1. The van der Waals surface area contributed by atoms with E-state index in [0.717, 1.165) is 25.3 Å². The van der Waals surface area contributed by atoms with Crippen molar-refractivity contribution in [1.29, 1.82) is 0 Å². The van der Waals surface area contributed by atoms with Crippen molar-refractivity contribution in [2.45, 2.75) is 26.9 Å². The fraction of sp³-hybridized carbons (Fsp3) is 0.400. The Labute approximate surface area is 119 Å². The second-order valence-corrected chi connectivity index (χ2v) is 5.60. The van der Waals surface area contributed by atoms with Gasteiger partial charge in [-0.15, -0.1) is 11.3 Å². The molecule has 19 heavy (non-hydrogen) atoms. The number of hydrogen-bond donors (Lipinski definition) is 1. The molecule has 0 saturated carbocycles. The molecule has 0 unspecified atom stereocenters. The van der Waals surface area contributed by atoms with E-state index in [1.54, 1.807) is 11.3 Å². The van der Waals surface area contributed by atoms with Gasteiger partial charge in [0, 0.05) is 24.2 Å². The van der Waals surface area contributed by atoms with Crippen LogP contribution >= 0.6 is 11.3 Å². The van der Waals surface area contributed by atoms with E-state index >= 15 is 0 Å². The molecule has 1 heterocycles. The van der Waals surface area contributed by atoms with Crippen molar-refractivity contribution < 1.29 is 0 Å². The maximum absolute atomic E-state index is 4.29. The SMILES string of the molecule is CCNCc1ccc(N(C)Cc2scnc2C)cc1. The molecule has 1 N–H and O–H groups in total. The van der Waals surface area contributed by atoms with Gasteiger partial charge in [-0.3, -0.25) is 0 Å². The molecule has 0 bridgehead atoms. The molecular weight excluding hydrogens is 254 g/mol. The zero-order chi connectivity index (χ0) is 13.7. The zero-order valence-corrected chi connectivity index (χ0v) is 12.6. The second-order valence-electron chi connectivity index (χ2n) is 4.66. The molecule has 0 saturated heterocycles. The van der Waals surface area contributed by atoms with E-state index in [1.165, 1.54) is 16.1 Å². The summed E-state index contributed by atoms with van der Waals surface area (Å²) in [6.07, 6.45) is 0. The molecule has 0 aliphatic rings. The summed E-state index contributed by atoms with van der Waals surface area (Å²) in [7, 11) is 2.12. The van der Waals surface area contributed by atoms with Crippen LogP contribution in [0, 0.1) is 6.92 Å². The number of rotatable bonds is 6. The second kappa shape index (κ2) is 6.68. The topological polar surface area (TPSA) is 28.2 Å². The summed E-state index contributed by atoms with van der Waals surface area (Å²) in [4.78, 5) is 7.89. The summed E-state index contributed by atoms with van der Waals surface area (Å²) < 4.78 is 0. The molecule has 2 rings (SSSR count). The maximum atomic E-state index is 4.29. The number of nitrogens with zero attached hydrogens (tertiary/aromatic N) is 2. The van der Waals surface area contributed by atoms with Crippen molar-refractivity contribution in [3.05, 3.63) is 45.9 Å². The van der Waals surface area contributed by atoms with Gasteiger partial charge in [0.25, 0.3) is 0 Å². The summed E-state index contributed by atoms with van der Waals surface area (Å²) in [6.45, 7) is 7.06. The molecule has 3 nitrogen and oxygen atoms in total. The molecule has 1 aromatic heterocycles. The van der Waals surface area contributed by atoms with Crippen LogP contribution in [-0.4, -0.2) is 18.6 Å². The first-order valence-electron chi connectivity index (χ1n) is 6.60. The van der Waals surface area contributed by atoms with Gasteiger partial charge in [-0.05, 0) is 31.2 Å². The van der Waals surface area contributed by atoms with Gasteiger partial charge in [-0.25, -0.2) is 4.98 Å². The standard InChI is InChI=1S/C15H21N3S/c1-4-16-9-13-5-7-14(8-6-13)18(3)10-15-12(2)17-11-19-15/h5-8,11,16H,4,9-10H2,1-3H3. The lowest BCUT2D eigenvalue weighted by atomic mass is 10.2. The highest BCUT2D eigenvalue weighted by Crippen LogP contribution is 2.20. The van der Waals surface area contributed by atoms with Gasteiger partial charge >= 0.3 is 0 Å². The highest BCUT2D eigenvalue weighted by molar-refractivity contribution is 7.09. The largest absolute Gasteiger partial charge is 0.369 e. The van der Waals surface area contributed by atoms with Crippen molar-refractivity contribution in [3.63, 3.8) is 0 Å². The van der Waals surface area contributed by atoms with E-state index in [-0.39, 0.29) is 0 Å². The molecule has 1 aromatic carbocycles. The minimum Gasteiger partial charge on any atom is -0.369 e. The van der Waals surface area contributed by atoms with E-state index < -0.39 is 0 Å². The maximum Gasteiger partial charge on any atom is 0.0798 e. The lowest BCUT2D eigenvalue weighted by molar-refractivity contribution is 0.726. The number of nitrogens with one attached hydrogen (secondary N) is 1. The predicted molar refractivity (Wildman–Crippen MR) is 82.8 cm³/mol. The molecule has 0 spiro atoms. The first-order chi connectivity index (χ1) is 9.20. The fourth-order valence-electron chi connectivity index (χ4n) is 1.92. The molecule has 2 aromatic rings. The molecule has 0 amide bonds. The summed E-state index contributed by atoms with van der Waals surface area (Å²) in [5.74, 6) is 0. The fourth-order valence-corrected chi connectivity index (χ4v) is 2.75. The lowest BCUT2D eigenvalue weighted by Gasteiger charge is -2.19. The highest BCUT2D eigenvalue weighted by atomic mass is 32.1. The van der Waals surface area contributed by atoms with E-state index in [1.807, 2.05) is 5.51 Å². The quantitative estimate of drug-likeness (QED) is 0.877. The Kier molecular flexibility index (Phi) is 4.93. The predicted octanol–water partition coefficient (Wildman–Crippen LogP) is 3.20. The summed E-state index contributed by atoms with van der Waals surface area (Å²) in [5.41, 5.74) is 5.62. The first kappa shape index (κ1) is 14.0. The number of benzene rings is 1. The van der Waals surface area contributed by atoms with Crippen LogP contribution in [0.5, 0.6) is 0 Å². The van der Waals surface area contributed by atoms with Crippen molar-refractivity contribution in [2.75, 3.05) is 18.5 Å². The Morgan fingerprint density at radius 2 is 2.00 bits per heavy atom. The third kappa shape index (κ3) is 3.78. The van der Waals surface area contributed by atoms with Gasteiger partial charge in [-0.2, -0.15) is 0 Å². The minimum absolute atomic E-state index is 0.920. The van der Waals surface area contributed by atoms with Crippen molar-refractivity contribution >= 4 is 17.0 Å². The number of aromatic nitrogens is 1. The number of aryl methyl sites for hydroxylation is 1. The molecule has 0 radical (unpaired) electrons. The smallest absolute Gasteiger partial charge is 0.0798 e. The third-order valence-corrected chi connectivity index (χ3v) is 4.10. The molecule has 0 atom stereocenters. The van der Waals surface area contributed by atoms with Crippen LogP contribution in [0.2, 0.25) is 0 Å². The van der Waals surface area contributed by atoms with E-state index in [2.05, 4.69) is 60.4 Å². The van der Waals surface area contributed by atoms with Gasteiger partial charge in [-0.1, -0.05) is 19.1 Å². The average molecular weight is 275 g/mol. The number of thiazole rings is 1. The average Bonchev–Trinajstić information content (AvgIpc) is 2.82.